The molecule has 1 aromatic carbocycles. The Morgan fingerprint density at radius 3 is 2.62 bits per heavy atom. The van der Waals surface area contributed by atoms with Crippen LogP contribution in [0, 0.1) is 0 Å². The molecule has 1 fully saturated rings. The molecule has 1 atom stereocenters. The highest BCUT2D eigenvalue weighted by molar-refractivity contribution is 5.36. The molecule has 1 aliphatic rings. The number of rotatable bonds is 8. The zero-order valence-corrected chi connectivity index (χ0v) is 13.3. The molecule has 0 aliphatic carbocycles. The molecule has 1 N–H and O–H groups in total. The lowest BCUT2D eigenvalue weighted by Crippen LogP contribution is -2.27. The maximum absolute atomic E-state index is 5.95. The molecule has 1 saturated heterocycles. The minimum Gasteiger partial charge on any atom is -0.491 e. The Bertz CT molecular complexity index is 416. The van der Waals surface area contributed by atoms with Crippen molar-refractivity contribution in [3.8, 4) is 5.75 Å². The highest BCUT2D eigenvalue weighted by Gasteiger charge is 2.24. The van der Waals surface area contributed by atoms with Crippen molar-refractivity contribution in [1.29, 1.82) is 0 Å². The molecule has 0 bridgehead atoms. The van der Waals surface area contributed by atoms with Crippen LogP contribution in [0.25, 0.3) is 0 Å². The van der Waals surface area contributed by atoms with Gasteiger partial charge in [-0.25, -0.2) is 0 Å². The lowest BCUT2D eigenvalue weighted by molar-refractivity contribution is -0.0531. The second kappa shape index (κ2) is 8.37. The molecule has 1 aromatic rings. The number of hydrogen-bond donors (Lipinski definition) is 1. The Labute approximate surface area is 127 Å². The standard InChI is InChI=1S/C17H27NO3/c1-4-9-18-15(12-17-19-10-11-20-17)14-7-5-6-8-16(14)21-13(2)3/h5-8,13,15,17-18H,4,9-12H2,1-3H3. The van der Waals surface area contributed by atoms with Crippen molar-refractivity contribution in [3.63, 3.8) is 0 Å². The lowest BCUT2D eigenvalue weighted by Gasteiger charge is -2.24. The molecule has 1 heterocycles. The van der Waals surface area contributed by atoms with Crippen molar-refractivity contribution in [2.24, 2.45) is 0 Å². The maximum Gasteiger partial charge on any atom is 0.159 e. The van der Waals surface area contributed by atoms with Gasteiger partial charge in [0.2, 0.25) is 0 Å². The van der Waals surface area contributed by atoms with Crippen LogP contribution in [-0.2, 0) is 9.47 Å². The van der Waals surface area contributed by atoms with Gasteiger partial charge in [0.05, 0.1) is 19.3 Å². The fourth-order valence-electron chi connectivity index (χ4n) is 2.50. The van der Waals surface area contributed by atoms with Crippen molar-refractivity contribution in [3.05, 3.63) is 29.8 Å². The largest absolute Gasteiger partial charge is 0.491 e. The van der Waals surface area contributed by atoms with E-state index in [9.17, 15) is 0 Å². The first-order valence-corrected chi connectivity index (χ1v) is 7.93. The number of hydrogen-bond acceptors (Lipinski definition) is 4. The van der Waals surface area contributed by atoms with Gasteiger partial charge in [0, 0.05) is 18.0 Å². The normalized spacial score (nSPS) is 17.3. The average molecular weight is 293 g/mol. The van der Waals surface area contributed by atoms with E-state index in [1.165, 1.54) is 5.56 Å². The van der Waals surface area contributed by atoms with Crippen LogP contribution in [0.4, 0.5) is 0 Å². The number of nitrogens with one attached hydrogen (secondary N) is 1. The van der Waals surface area contributed by atoms with Gasteiger partial charge in [-0.15, -0.1) is 0 Å². The molecule has 1 unspecified atom stereocenters. The van der Waals surface area contributed by atoms with Crippen LogP contribution in [0.1, 0.15) is 45.2 Å². The SMILES string of the molecule is CCCNC(CC1OCCO1)c1ccccc1OC(C)C. The maximum atomic E-state index is 5.95. The van der Waals surface area contributed by atoms with Gasteiger partial charge < -0.3 is 19.5 Å². The zero-order chi connectivity index (χ0) is 15.1. The fraction of sp³-hybridized carbons (Fsp3) is 0.647. The van der Waals surface area contributed by atoms with Gasteiger partial charge in [0.1, 0.15) is 5.75 Å². The molecule has 0 amide bonds. The third kappa shape index (κ3) is 4.99. The minimum absolute atomic E-state index is 0.119. The average Bonchev–Trinajstić information content (AvgIpc) is 2.96. The summed E-state index contributed by atoms with van der Waals surface area (Å²) in [6.45, 7) is 8.62. The van der Waals surface area contributed by atoms with Gasteiger partial charge in [-0.2, -0.15) is 0 Å². The van der Waals surface area contributed by atoms with E-state index in [1.54, 1.807) is 0 Å². The van der Waals surface area contributed by atoms with E-state index >= 15 is 0 Å². The molecule has 0 aromatic heterocycles. The topological polar surface area (TPSA) is 39.7 Å². The third-order valence-electron chi connectivity index (χ3n) is 3.42. The first kappa shape index (κ1) is 16.3. The van der Waals surface area contributed by atoms with Crippen LogP contribution in [0.2, 0.25) is 0 Å². The molecule has 1 aliphatic heterocycles. The second-order valence-electron chi connectivity index (χ2n) is 5.62. The first-order valence-electron chi connectivity index (χ1n) is 7.93. The van der Waals surface area contributed by atoms with Gasteiger partial charge in [0.15, 0.2) is 6.29 Å². The smallest absolute Gasteiger partial charge is 0.159 e. The molecule has 0 radical (unpaired) electrons. The lowest BCUT2D eigenvalue weighted by atomic mass is 10.0. The van der Waals surface area contributed by atoms with E-state index in [-0.39, 0.29) is 18.4 Å². The van der Waals surface area contributed by atoms with Crippen LogP contribution < -0.4 is 10.1 Å². The van der Waals surface area contributed by atoms with E-state index in [4.69, 9.17) is 14.2 Å². The zero-order valence-electron chi connectivity index (χ0n) is 13.3. The Morgan fingerprint density at radius 1 is 1.24 bits per heavy atom. The summed E-state index contributed by atoms with van der Waals surface area (Å²) in [7, 11) is 0. The summed E-state index contributed by atoms with van der Waals surface area (Å²) in [5, 5.41) is 3.59. The second-order valence-corrected chi connectivity index (χ2v) is 5.62. The van der Waals surface area contributed by atoms with Crippen LogP contribution in [0.3, 0.4) is 0 Å². The van der Waals surface area contributed by atoms with Crippen LogP contribution in [0.5, 0.6) is 5.75 Å². The van der Waals surface area contributed by atoms with Crippen LogP contribution >= 0.6 is 0 Å². The van der Waals surface area contributed by atoms with E-state index < -0.39 is 0 Å². The van der Waals surface area contributed by atoms with Crippen molar-refractivity contribution in [1.82, 2.24) is 5.32 Å². The van der Waals surface area contributed by atoms with Crippen molar-refractivity contribution in [2.45, 2.75) is 52.0 Å². The minimum atomic E-state index is -0.119. The third-order valence-corrected chi connectivity index (χ3v) is 3.42. The van der Waals surface area contributed by atoms with Crippen molar-refractivity contribution in [2.75, 3.05) is 19.8 Å². The van der Waals surface area contributed by atoms with E-state index in [0.29, 0.717) is 13.2 Å². The van der Waals surface area contributed by atoms with E-state index in [2.05, 4.69) is 38.2 Å². The molecule has 2 rings (SSSR count). The molecule has 0 spiro atoms. The molecule has 0 saturated carbocycles. The first-order chi connectivity index (χ1) is 10.2. The number of benzene rings is 1. The number of para-hydroxylation sites is 1. The van der Waals surface area contributed by atoms with E-state index in [1.807, 2.05) is 12.1 Å². The summed E-state index contributed by atoms with van der Waals surface area (Å²) in [6, 6.07) is 8.41. The van der Waals surface area contributed by atoms with E-state index in [0.717, 1.165) is 25.1 Å². The Balaban J connectivity index is 2.13. The Kier molecular flexibility index (Phi) is 6.49. The summed E-state index contributed by atoms with van der Waals surface area (Å²) in [4.78, 5) is 0. The van der Waals surface area contributed by atoms with Crippen LogP contribution in [0.15, 0.2) is 24.3 Å². The molecule has 4 heteroatoms. The fourth-order valence-corrected chi connectivity index (χ4v) is 2.50. The highest BCUT2D eigenvalue weighted by Crippen LogP contribution is 2.30. The van der Waals surface area contributed by atoms with Gasteiger partial charge in [0.25, 0.3) is 0 Å². The van der Waals surface area contributed by atoms with Crippen LogP contribution in [-0.4, -0.2) is 32.2 Å². The summed E-state index contributed by atoms with van der Waals surface area (Å²) < 4.78 is 17.2. The summed E-state index contributed by atoms with van der Waals surface area (Å²) in [5.41, 5.74) is 1.18. The Morgan fingerprint density at radius 2 is 1.95 bits per heavy atom. The van der Waals surface area contributed by atoms with Gasteiger partial charge in [-0.05, 0) is 32.9 Å². The number of ether oxygens (including phenoxy) is 3. The monoisotopic (exact) mass is 293 g/mol. The van der Waals surface area contributed by atoms with Gasteiger partial charge in [-0.1, -0.05) is 25.1 Å². The summed E-state index contributed by atoms with van der Waals surface area (Å²) in [5.74, 6) is 0.944. The quantitative estimate of drug-likeness (QED) is 0.798. The molecular weight excluding hydrogens is 266 g/mol. The van der Waals surface area contributed by atoms with Gasteiger partial charge in [-0.3, -0.25) is 0 Å². The molecular formula is C17H27NO3. The van der Waals surface area contributed by atoms with Crippen molar-refractivity contribution < 1.29 is 14.2 Å². The predicted molar refractivity (Wildman–Crippen MR) is 83.5 cm³/mol. The molecule has 4 nitrogen and oxygen atoms in total. The van der Waals surface area contributed by atoms with Gasteiger partial charge >= 0.3 is 0 Å². The summed E-state index contributed by atoms with van der Waals surface area (Å²) in [6.07, 6.45) is 1.94. The Hall–Kier alpha value is -1.10. The molecule has 118 valence electrons. The highest BCUT2D eigenvalue weighted by atomic mass is 16.7. The molecule has 21 heavy (non-hydrogen) atoms. The summed E-state index contributed by atoms with van der Waals surface area (Å²) >= 11 is 0. The van der Waals surface area contributed by atoms with Crippen molar-refractivity contribution >= 4 is 0 Å². The predicted octanol–water partition coefficient (Wildman–Crippen LogP) is 3.28.